The molecule has 0 saturated heterocycles. The molecule has 0 rings (SSSR count). The number of amides is 2. The number of carbonyl (C=O) groups is 3. The number of hydrogen-bond donors (Lipinski definition) is 3. The van der Waals surface area contributed by atoms with E-state index >= 15 is 0 Å². The molecule has 0 aromatic carbocycles. The molecule has 6 heteroatoms. The van der Waals surface area contributed by atoms with Crippen molar-refractivity contribution in [3.05, 3.63) is 0 Å². The number of hydrogen-bond acceptors (Lipinski definition) is 3. The monoisotopic (exact) mass is 230 g/mol. The second kappa shape index (κ2) is 7.67. The summed E-state index contributed by atoms with van der Waals surface area (Å²) in [6.45, 7) is 3.33. The van der Waals surface area contributed by atoms with Gasteiger partial charge in [0.1, 0.15) is 0 Å². The van der Waals surface area contributed by atoms with Gasteiger partial charge in [0, 0.05) is 13.0 Å². The molecule has 0 radical (unpaired) electrons. The zero-order chi connectivity index (χ0) is 12.6. The van der Waals surface area contributed by atoms with E-state index in [0.717, 1.165) is 6.42 Å². The van der Waals surface area contributed by atoms with Crippen LogP contribution in [-0.4, -0.2) is 36.0 Å². The minimum atomic E-state index is -0.963. The van der Waals surface area contributed by atoms with Gasteiger partial charge in [-0.1, -0.05) is 13.8 Å². The number of carboxylic acids is 1. The molecule has 0 aliphatic rings. The third-order valence-corrected chi connectivity index (χ3v) is 1.95. The van der Waals surface area contributed by atoms with Gasteiger partial charge in [0.05, 0.1) is 12.5 Å². The Bertz CT molecular complexity index is 266. The molecular formula is C10H18N2O4. The van der Waals surface area contributed by atoms with Crippen molar-refractivity contribution in [2.24, 2.45) is 5.92 Å². The van der Waals surface area contributed by atoms with Crippen LogP contribution in [0.25, 0.3) is 0 Å². The van der Waals surface area contributed by atoms with Crippen molar-refractivity contribution < 1.29 is 19.5 Å². The first-order chi connectivity index (χ1) is 7.47. The first-order valence-corrected chi connectivity index (χ1v) is 5.23. The van der Waals surface area contributed by atoms with Crippen LogP contribution in [0.1, 0.15) is 26.7 Å². The fraction of sp³-hybridized carbons (Fsp3) is 0.700. The normalized spacial score (nSPS) is 11.6. The van der Waals surface area contributed by atoms with Crippen LogP contribution in [0.2, 0.25) is 0 Å². The lowest BCUT2D eigenvalue weighted by molar-refractivity contribution is -0.141. The highest BCUT2D eigenvalue weighted by atomic mass is 16.4. The Balaban J connectivity index is 3.67. The Labute approximate surface area is 94.4 Å². The van der Waals surface area contributed by atoms with Crippen LogP contribution in [0.5, 0.6) is 0 Å². The summed E-state index contributed by atoms with van der Waals surface area (Å²) in [5.41, 5.74) is 0. The summed E-state index contributed by atoms with van der Waals surface area (Å²) < 4.78 is 0. The van der Waals surface area contributed by atoms with Gasteiger partial charge in [0.25, 0.3) is 0 Å². The largest absolute Gasteiger partial charge is 0.481 e. The molecule has 1 unspecified atom stereocenters. The molecule has 1 atom stereocenters. The number of aliphatic carboxylic acids is 1. The Hall–Kier alpha value is -1.59. The van der Waals surface area contributed by atoms with E-state index in [9.17, 15) is 14.4 Å². The first kappa shape index (κ1) is 14.4. The van der Waals surface area contributed by atoms with E-state index in [-0.39, 0.29) is 24.9 Å². The maximum absolute atomic E-state index is 11.2. The Morgan fingerprint density at radius 3 is 2.31 bits per heavy atom. The standard InChI is InChI=1S/C10H18N2O4/c1-3-4-8(13)12-6-9(14)11-5-7(2)10(15)16/h7H,3-6H2,1-2H3,(H,11,14)(H,12,13)(H,15,16). The van der Waals surface area contributed by atoms with E-state index in [1.807, 2.05) is 6.92 Å². The van der Waals surface area contributed by atoms with Crippen molar-refractivity contribution in [3.63, 3.8) is 0 Å². The van der Waals surface area contributed by atoms with E-state index in [2.05, 4.69) is 10.6 Å². The smallest absolute Gasteiger partial charge is 0.308 e. The molecule has 0 aromatic heterocycles. The molecular weight excluding hydrogens is 212 g/mol. The molecule has 3 N–H and O–H groups in total. The summed E-state index contributed by atoms with van der Waals surface area (Å²) in [7, 11) is 0. The van der Waals surface area contributed by atoms with Gasteiger partial charge in [-0.05, 0) is 6.42 Å². The SMILES string of the molecule is CCCC(=O)NCC(=O)NCC(C)C(=O)O. The lowest BCUT2D eigenvalue weighted by Crippen LogP contribution is -2.39. The Morgan fingerprint density at radius 2 is 1.81 bits per heavy atom. The van der Waals surface area contributed by atoms with E-state index in [4.69, 9.17) is 5.11 Å². The van der Waals surface area contributed by atoms with E-state index < -0.39 is 11.9 Å². The first-order valence-electron chi connectivity index (χ1n) is 5.23. The number of carbonyl (C=O) groups excluding carboxylic acids is 2. The second-order valence-electron chi connectivity index (χ2n) is 3.57. The summed E-state index contributed by atoms with van der Waals surface area (Å²) in [6.07, 6.45) is 1.11. The minimum absolute atomic E-state index is 0.0673. The van der Waals surface area contributed by atoms with Gasteiger partial charge in [-0.3, -0.25) is 14.4 Å². The molecule has 0 spiro atoms. The van der Waals surface area contributed by atoms with Gasteiger partial charge in [-0.2, -0.15) is 0 Å². The maximum Gasteiger partial charge on any atom is 0.308 e. The van der Waals surface area contributed by atoms with Gasteiger partial charge in [-0.15, -0.1) is 0 Å². The summed E-state index contributed by atoms with van der Waals surface area (Å²) >= 11 is 0. The molecule has 16 heavy (non-hydrogen) atoms. The highest BCUT2D eigenvalue weighted by Crippen LogP contribution is 1.91. The van der Waals surface area contributed by atoms with Crippen LogP contribution < -0.4 is 10.6 Å². The summed E-state index contributed by atoms with van der Waals surface area (Å²) in [5, 5.41) is 13.4. The molecule has 0 bridgehead atoms. The molecule has 0 aliphatic heterocycles. The molecule has 0 aromatic rings. The summed E-state index contributed by atoms with van der Waals surface area (Å²) in [4.78, 5) is 32.6. The highest BCUT2D eigenvalue weighted by molar-refractivity contribution is 5.84. The highest BCUT2D eigenvalue weighted by Gasteiger charge is 2.12. The maximum atomic E-state index is 11.2. The number of rotatable bonds is 7. The van der Waals surface area contributed by atoms with Crippen molar-refractivity contribution in [1.29, 1.82) is 0 Å². The van der Waals surface area contributed by atoms with E-state index in [0.29, 0.717) is 6.42 Å². The predicted molar refractivity (Wildman–Crippen MR) is 57.7 cm³/mol. The fourth-order valence-corrected chi connectivity index (χ4v) is 0.911. The Morgan fingerprint density at radius 1 is 1.19 bits per heavy atom. The molecule has 0 aliphatic carbocycles. The summed E-state index contributed by atoms with van der Waals surface area (Å²) in [5.74, 6) is -2.15. The average molecular weight is 230 g/mol. The number of nitrogens with one attached hydrogen (secondary N) is 2. The number of carboxylic acid groups (broad SMARTS) is 1. The lowest BCUT2D eigenvalue weighted by Gasteiger charge is -2.08. The van der Waals surface area contributed by atoms with Crippen LogP contribution in [0.15, 0.2) is 0 Å². The predicted octanol–water partition coefficient (Wildman–Crippen LogP) is -0.260. The second-order valence-corrected chi connectivity index (χ2v) is 3.57. The molecule has 92 valence electrons. The Kier molecular flexibility index (Phi) is 6.91. The van der Waals surface area contributed by atoms with E-state index in [1.54, 1.807) is 0 Å². The van der Waals surface area contributed by atoms with Crippen LogP contribution >= 0.6 is 0 Å². The van der Waals surface area contributed by atoms with Gasteiger partial charge < -0.3 is 15.7 Å². The van der Waals surface area contributed by atoms with E-state index in [1.165, 1.54) is 6.92 Å². The van der Waals surface area contributed by atoms with Crippen LogP contribution in [0.3, 0.4) is 0 Å². The topological polar surface area (TPSA) is 95.5 Å². The molecule has 0 heterocycles. The van der Waals surface area contributed by atoms with Crippen molar-refractivity contribution in [2.75, 3.05) is 13.1 Å². The molecule has 0 fully saturated rings. The van der Waals surface area contributed by atoms with Crippen molar-refractivity contribution in [1.82, 2.24) is 10.6 Å². The third-order valence-electron chi connectivity index (χ3n) is 1.95. The molecule has 2 amide bonds. The molecule has 6 nitrogen and oxygen atoms in total. The zero-order valence-corrected chi connectivity index (χ0v) is 9.58. The van der Waals surface area contributed by atoms with Gasteiger partial charge >= 0.3 is 5.97 Å². The van der Waals surface area contributed by atoms with Crippen molar-refractivity contribution in [2.45, 2.75) is 26.7 Å². The fourth-order valence-electron chi connectivity index (χ4n) is 0.911. The zero-order valence-electron chi connectivity index (χ0n) is 9.58. The minimum Gasteiger partial charge on any atom is -0.481 e. The quantitative estimate of drug-likeness (QED) is 0.561. The lowest BCUT2D eigenvalue weighted by atomic mass is 10.2. The van der Waals surface area contributed by atoms with Crippen LogP contribution in [0, 0.1) is 5.92 Å². The summed E-state index contributed by atoms with van der Waals surface area (Å²) in [6, 6.07) is 0. The molecule has 0 saturated carbocycles. The average Bonchev–Trinajstić information content (AvgIpc) is 2.23. The van der Waals surface area contributed by atoms with Crippen LogP contribution in [-0.2, 0) is 14.4 Å². The van der Waals surface area contributed by atoms with Gasteiger partial charge in [-0.25, -0.2) is 0 Å². The van der Waals surface area contributed by atoms with Gasteiger partial charge in [0.2, 0.25) is 11.8 Å². The van der Waals surface area contributed by atoms with Crippen molar-refractivity contribution >= 4 is 17.8 Å². The van der Waals surface area contributed by atoms with Gasteiger partial charge in [0.15, 0.2) is 0 Å². The van der Waals surface area contributed by atoms with Crippen molar-refractivity contribution in [3.8, 4) is 0 Å². The third kappa shape index (κ3) is 6.80. The van der Waals surface area contributed by atoms with Crippen LogP contribution in [0.4, 0.5) is 0 Å².